The molecule has 0 fully saturated rings. The van der Waals surface area contributed by atoms with E-state index in [1.54, 1.807) is 18.2 Å². The Kier molecular flexibility index (Phi) is 8.82. The predicted octanol–water partition coefficient (Wildman–Crippen LogP) is 4.37. The molecule has 1 atom stereocenters. The van der Waals surface area contributed by atoms with Gasteiger partial charge in [0.1, 0.15) is 12.6 Å². The minimum Gasteiger partial charge on any atom is -0.357 e. The molecule has 3 aromatic carbocycles. The summed E-state index contributed by atoms with van der Waals surface area (Å²) in [7, 11) is -3.05. The van der Waals surface area contributed by atoms with Crippen LogP contribution in [0.2, 0.25) is 0 Å². The summed E-state index contributed by atoms with van der Waals surface area (Å²) < 4.78 is 68.2. The topological polar surface area (TPSA) is 86.8 Å². The number of rotatable bonds is 9. The van der Waals surface area contributed by atoms with Crippen LogP contribution in [-0.4, -0.2) is 44.8 Å². The highest BCUT2D eigenvalue weighted by Gasteiger charge is 2.35. The van der Waals surface area contributed by atoms with Gasteiger partial charge in [-0.2, -0.15) is 13.2 Å². The number of alkyl halides is 3. The second-order valence-corrected chi connectivity index (χ2v) is 10.5. The third-order valence-corrected chi connectivity index (χ3v) is 7.71. The minimum absolute atomic E-state index is 0.0169. The van der Waals surface area contributed by atoms with Gasteiger partial charge < -0.3 is 10.2 Å². The van der Waals surface area contributed by atoms with Gasteiger partial charge in [0.2, 0.25) is 11.8 Å². The van der Waals surface area contributed by atoms with E-state index < -0.39 is 46.2 Å². The molecule has 0 saturated carbocycles. The van der Waals surface area contributed by atoms with E-state index in [4.69, 9.17) is 0 Å². The minimum atomic E-state index is -4.73. The first kappa shape index (κ1) is 28.7. The van der Waals surface area contributed by atoms with Crippen molar-refractivity contribution in [2.75, 3.05) is 17.9 Å². The van der Waals surface area contributed by atoms with Crippen molar-refractivity contribution in [3.05, 3.63) is 95.6 Å². The molecule has 0 bridgehead atoms. The molecule has 0 radical (unpaired) electrons. The molecule has 0 saturated heterocycles. The Morgan fingerprint density at radius 2 is 1.61 bits per heavy atom. The van der Waals surface area contributed by atoms with Gasteiger partial charge in [-0.25, -0.2) is 8.42 Å². The third kappa shape index (κ3) is 6.71. The summed E-state index contributed by atoms with van der Waals surface area (Å²) in [5.74, 6) is -1.25. The Morgan fingerprint density at radius 3 is 2.21 bits per heavy atom. The number of likely N-dealkylation sites (N-methyl/N-ethyl adjacent to an activating group) is 1. The Labute approximate surface area is 219 Å². The highest BCUT2D eigenvalue weighted by atomic mass is 32.2. The van der Waals surface area contributed by atoms with Crippen LogP contribution in [-0.2, 0) is 32.3 Å². The zero-order chi connectivity index (χ0) is 28.1. The maximum Gasteiger partial charge on any atom is 0.416 e. The second-order valence-electron chi connectivity index (χ2n) is 8.67. The first-order valence-corrected chi connectivity index (χ1v) is 13.1. The molecule has 0 aliphatic carbocycles. The van der Waals surface area contributed by atoms with Crippen molar-refractivity contribution in [2.24, 2.45) is 0 Å². The average molecular weight is 548 g/mol. The van der Waals surface area contributed by atoms with Crippen LogP contribution in [0.3, 0.4) is 0 Å². The molecule has 0 heterocycles. The molecular formula is C27H28F3N3O4S. The standard InChI is InChI=1S/C27H28F3N3O4S/c1-19-9-7-10-21(15-19)17-32(20(2)26(35)31-3)25(34)18-33(38(36,37)24-13-5-4-6-14-24)23-12-8-11-22(16-23)27(28,29)30/h4-16,20H,17-18H2,1-3H3,(H,31,35)/t20-/m1/s1. The van der Waals surface area contributed by atoms with Crippen molar-refractivity contribution in [1.29, 1.82) is 0 Å². The number of halogens is 3. The van der Waals surface area contributed by atoms with Gasteiger partial charge in [-0.05, 0) is 49.7 Å². The molecule has 0 aliphatic heterocycles. The number of carbonyl (C=O) groups excluding carboxylic acids is 2. The van der Waals surface area contributed by atoms with Crippen LogP contribution in [0.1, 0.15) is 23.6 Å². The van der Waals surface area contributed by atoms with Crippen LogP contribution < -0.4 is 9.62 Å². The summed E-state index contributed by atoms with van der Waals surface area (Å²) in [6, 6.07) is 17.1. The lowest BCUT2D eigenvalue weighted by molar-refractivity contribution is -0.139. The molecule has 0 spiro atoms. The summed E-state index contributed by atoms with van der Waals surface area (Å²) in [5.41, 5.74) is 0.219. The lowest BCUT2D eigenvalue weighted by Gasteiger charge is -2.32. The van der Waals surface area contributed by atoms with Crippen molar-refractivity contribution in [3.63, 3.8) is 0 Å². The van der Waals surface area contributed by atoms with Crippen LogP contribution in [0.5, 0.6) is 0 Å². The molecule has 0 aromatic heterocycles. The number of hydrogen-bond donors (Lipinski definition) is 1. The summed E-state index contributed by atoms with van der Waals surface area (Å²) >= 11 is 0. The Bertz CT molecular complexity index is 1400. The average Bonchev–Trinajstić information content (AvgIpc) is 2.89. The summed E-state index contributed by atoms with van der Waals surface area (Å²) in [6.07, 6.45) is -4.73. The summed E-state index contributed by atoms with van der Waals surface area (Å²) in [6.45, 7) is 2.51. The van der Waals surface area contributed by atoms with Gasteiger partial charge in [0.25, 0.3) is 10.0 Å². The molecule has 0 unspecified atom stereocenters. The van der Waals surface area contributed by atoms with Crippen LogP contribution >= 0.6 is 0 Å². The molecule has 0 aliphatic rings. The summed E-state index contributed by atoms with van der Waals surface area (Å²) in [5, 5.41) is 2.47. The van der Waals surface area contributed by atoms with Crippen LogP contribution in [0, 0.1) is 6.92 Å². The van der Waals surface area contributed by atoms with E-state index in [0.717, 1.165) is 17.7 Å². The zero-order valence-electron chi connectivity index (χ0n) is 21.1. The maximum atomic E-state index is 13.7. The number of aryl methyl sites for hydroxylation is 1. The van der Waals surface area contributed by atoms with Crippen molar-refractivity contribution in [2.45, 2.75) is 37.5 Å². The van der Waals surface area contributed by atoms with Gasteiger partial charge in [-0.1, -0.05) is 54.1 Å². The molecule has 202 valence electrons. The van der Waals surface area contributed by atoms with Gasteiger partial charge in [0.15, 0.2) is 0 Å². The number of nitrogens with one attached hydrogen (secondary N) is 1. The van der Waals surface area contributed by atoms with Gasteiger partial charge in [0, 0.05) is 13.6 Å². The number of anilines is 1. The largest absolute Gasteiger partial charge is 0.416 e. The van der Waals surface area contributed by atoms with Gasteiger partial charge >= 0.3 is 6.18 Å². The third-order valence-electron chi connectivity index (χ3n) is 5.92. The fourth-order valence-electron chi connectivity index (χ4n) is 3.88. The van der Waals surface area contributed by atoms with E-state index in [0.29, 0.717) is 15.9 Å². The van der Waals surface area contributed by atoms with Crippen molar-refractivity contribution in [3.8, 4) is 0 Å². The molecular weight excluding hydrogens is 519 g/mol. The molecule has 7 nitrogen and oxygen atoms in total. The van der Waals surface area contributed by atoms with E-state index in [2.05, 4.69) is 5.32 Å². The van der Waals surface area contributed by atoms with Gasteiger partial charge in [0.05, 0.1) is 16.1 Å². The van der Waals surface area contributed by atoms with Crippen molar-refractivity contribution < 1.29 is 31.2 Å². The van der Waals surface area contributed by atoms with Crippen molar-refractivity contribution >= 4 is 27.5 Å². The highest BCUT2D eigenvalue weighted by Crippen LogP contribution is 2.33. The monoisotopic (exact) mass is 547 g/mol. The Balaban J connectivity index is 2.08. The SMILES string of the molecule is CNC(=O)[C@@H](C)N(Cc1cccc(C)c1)C(=O)CN(c1cccc(C(F)(F)F)c1)S(=O)(=O)c1ccccc1. The quantitative estimate of drug-likeness (QED) is 0.431. The van der Waals surface area contributed by atoms with E-state index in [1.165, 1.54) is 49.2 Å². The molecule has 3 rings (SSSR count). The second kappa shape index (κ2) is 11.7. The number of sulfonamides is 1. The predicted molar refractivity (Wildman–Crippen MR) is 138 cm³/mol. The van der Waals surface area contributed by atoms with E-state index >= 15 is 0 Å². The highest BCUT2D eigenvalue weighted by molar-refractivity contribution is 7.92. The number of hydrogen-bond acceptors (Lipinski definition) is 4. The number of carbonyl (C=O) groups is 2. The summed E-state index contributed by atoms with van der Waals surface area (Å²) in [4.78, 5) is 27.1. The molecule has 3 aromatic rings. The first-order valence-electron chi connectivity index (χ1n) is 11.7. The number of benzene rings is 3. The lowest BCUT2D eigenvalue weighted by atomic mass is 10.1. The van der Waals surface area contributed by atoms with E-state index in [9.17, 15) is 31.2 Å². The lowest BCUT2D eigenvalue weighted by Crippen LogP contribution is -2.50. The Hall–Kier alpha value is -3.86. The fraction of sp³-hybridized carbons (Fsp3) is 0.259. The van der Waals surface area contributed by atoms with Gasteiger partial charge in [-0.15, -0.1) is 0 Å². The zero-order valence-corrected chi connectivity index (χ0v) is 21.9. The van der Waals surface area contributed by atoms with Crippen LogP contribution in [0.4, 0.5) is 18.9 Å². The van der Waals surface area contributed by atoms with Crippen molar-refractivity contribution in [1.82, 2.24) is 10.2 Å². The first-order chi connectivity index (χ1) is 17.8. The fourth-order valence-corrected chi connectivity index (χ4v) is 5.31. The van der Waals surface area contributed by atoms with Crippen LogP contribution in [0.25, 0.3) is 0 Å². The molecule has 38 heavy (non-hydrogen) atoms. The van der Waals surface area contributed by atoms with E-state index in [-0.39, 0.29) is 17.1 Å². The molecule has 1 N–H and O–H groups in total. The maximum absolute atomic E-state index is 13.7. The van der Waals surface area contributed by atoms with E-state index in [1.807, 2.05) is 19.1 Å². The molecule has 11 heteroatoms. The number of nitrogens with zero attached hydrogens (tertiary/aromatic N) is 2. The smallest absolute Gasteiger partial charge is 0.357 e. The van der Waals surface area contributed by atoms with Gasteiger partial charge in [-0.3, -0.25) is 13.9 Å². The number of amides is 2. The van der Waals surface area contributed by atoms with Crippen LogP contribution in [0.15, 0.2) is 83.8 Å². The normalized spacial score (nSPS) is 12.5. The Morgan fingerprint density at radius 1 is 0.947 bits per heavy atom. The molecule has 2 amide bonds.